The van der Waals surface area contributed by atoms with Crippen molar-refractivity contribution in [1.29, 1.82) is 0 Å². The highest BCUT2D eigenvalue weighted by Crippen LogP contribution is 2.17. The lowest BCUT2D eigenvalue weighted by atomic mass is 10.0. The molecule has 0 aromatic carbocycles. The van der Waals surface area contributed by atoms with Crippen molar-refractivity contribution in [2.45, 2.75) is 270 Å². The number of ether oxygens (including phenoxy) is 1. The van der Waals surface area contributed by atoms with Crippen LogP contribution in [-0.2, 0) is 23.9 Å². The molecule has 0 saturated heterocycles. The third kappa shape index (κ3) is 37.5. The minimum atomic E-state index is -0.950. The smallest absolute Gasteiger partial charge is 0.306 e. The van der Waals surface area contributed by atoms with Crippen LogP contribution in [0.2, 0.25) is 0 Å². The van der Waals surface area contributed by atoms with Crippen LogP contribution in [0.15, 0.2) is 0 Å². The van der Waals surface area contributed by atoms with E-state index in [1.165, 1.54) is 116 Å². The molecule has 0 unspecified atom stereocenters. The SMILES string of the molecule is CCCCCCCCCCCC(=O)O[C@H](CCCCCCCCCCC)CC(=O)N[C@H](CCO)C(=O)NCCC[C@H](CO)NC(=O)C[C@H](O)CCCCCCCCCCC. The normalized spacial score (nSPS) is 13.4. The van der Waals surface area contributed by atoms with Gasteiger partial charge in [0, 0.05) is 19.6 Å². The first-order chi connectivity index (χ1) is 29.2. The van der Waals surface area contributed by atoms with E-state index in [9.17, 15) is 34.5 Å². The molecule has 0 saturated carbocycles. The molecule has 6 N–H and O–H groups in total. The monoisotopic (exact) mass is 854 g/mol. The molecule has 0 bridgehead atoms. The second-order valence-electron chi connectivity index (χ2n) is 17.5. The average molecular weight is 854 g/mol. The van der Waals surface area contributed by atoms with E-state index in [0.717, 1.165) is 57.8 Å². The van der Waals surface area contributed by atoms with Crippen LogP contribution < -0.4 is 16.0 Å². The zero-order valence-corrected chi connectivity index (χ0v) is 39.1. The summed E-state index contributed by atoms with van der Waals surface area (Å²) in [5.41, 5.74) is 0. The maximum Gasteiger partial charge on any atom is 0.306 e. The van der Waals surface area contributed by atoms with Crippen molar-refractivity contribution in [3.05, 3.63) is 0 Å². The maximum atomic E-state index is 13.2. The minimum absolute atomic E-state index is 0.00858. The van der Waals surface area contributed by atoms with Crippen LogP contribution in [-0.4, -0.2) is 83.1 Å². The van der Waals surface area contributed by atoms with Crippen molar-refractivity contribution >= 4 is 23.7 Å². The summed E-state index contributed by atoms with van der Waals surface area (Å²) in [4.78, 5) is 51.7. The third-order valence-electron chi connectivity index (χ3n) is 11.6. The number of esters is 1. The summed E-state index contributed by atoms with van der Waals surface area (Å²) in [5.74, 6) is -1.42. The number of hydrogen-bond donors (Lipinski definition) is 6. The van der Waals surface area contributed by atoms with Gasteiger partial charge in [0.2, 0.25) is 17.7 Å². The molecular formula is C49H95N3O8. The van der Waals surface area contributed by atoms with Crippen molar-refractivity contribution in [2.75, 3.05) is 19.8 Å². The molecule has 3 amide bonds. The van der Waals surface area contributed by atoms with E-state index in [-0.39, 0.29) is 50.9 Å². The number of hydrogen-bond acceptors (Lipinski definition) is 8. The Hall–Kier alpha value is -2.24. The lowest BCUT2D eigenvalue weighted by Gasteiger charge is -2.21. The van der Waals surface area contributed by atoms with Crippen LogP contribution in [0.5, 0.6) is 0 Å². The molecule has 0 aromatic heterocycles. The molecular weight excluding hydrogens is 759 g/mol. The quantitative estimate of drug-likeness (QED) is 0.0259. The van der Waals surface area contributed by atoms with Gasteiger partial charge in [-0.1, -0.05) is 181 Å². The van der Waals surface area contributed by atoms with Crippen LogP contribution in [0.25, 0.3) is 0 Å². The van der Waals surface area contributed by atoms with Crippen LogP contribution in [0.4, 0.5) is 0 Å². The molecule has 4 atom stereocenters. The summed E-state index contributed by atoms with van der Waals surface area (Å²) in [6.07, 6.45) is 32.7. The number of aliphatic hydroxyl groups excluding tert-OH is 3. The summed E-state index contributed by atoms with van der Waals surface area (Å²) in [6.45, 7) is 6.35. The number of carbonyl (C=O) groups excluding carboxylic acids is 4. The molecule has 60 heavy (non-hydrogen) atoms. The van der Waals surface area contributed by atoms with E-state index < -0.39 is 36.1 Å². The Bertz CT molecular complexity index is 1020. The minimum Gasteiger partial charge on any atom is -0.462 e. The second kappa shape index (κ2) is 43.4. The Morgan fingerprint density at radius 3 is 1.43 bits per heavy atom. The summed E-state index contributed by atoms with van der Waals surface area (Å²) in [7, 11) is 0. The lowest BCUT2D eigenvalue weighted by molar-refractivity contribution is -0.151. The Morgan fingerprint density at radius 2 is 0.950 bits per heavy atom. The van der Waals surface area contributed by atoms with Gasteiger partial charge in [-0.05, 0) is 44.9 Å². The highest BCUT2D eigenvalue weighted by Gasteiger charge is 2.24. The van der Waals surface area contributed by atoms with E-state index >= 15 is 0 Å². The second-order valence-corrected chi connectivity index (χ2v) is 17.5. The molecule has 0 aliphatic heterocycles. The number of aliphatic hydroxyl groups is 3. The summed E-state index contributed by atoms with van der Waals surface area (Å²) < 4.78 is 5.86. The standard InChI is InChI=1S/C49H95N3O8/c1-4-7-10-13-16-19-22-25-28-33-43(55)39-46(56)51-42(41-54)32-31-37-50-49(59)45(36-38-53)52-47(57)40-44(34-29-26-23-20-17-14-11-8-5-2)60-48(58)35-30-27-24-21-18-15-12-9-6-3/h42-45,53-55H,4-41H2,1-3H3,(H,50,59)(H,51,56)(H,52,57)/t42-,43-,44-,45-/m1/s1. The van der Waals surface area contributed by atoms with Crippen molar-refractivity contribution < 1.29 is 39.2 Å². The Morgan fingerprint density at radius 1 is 0.500 bits per heavy atom. The van der Waals surface area contributed by atoms with E-state index in [0.29, 0.717) is 32.1 Å². The molecule has 0 fully saturated rings. The topological polar surface area (TPSA) is 174 Å². The highest BCUT2D eigenvalue weighted by atomic mass is 16.5. The predicted octanol–water partition coefficient (Wildman–Crippen LogP) is 10.0. The number of amides is 3. The molecule has 0 spiro atoms. The van der Waals surface area contributed by atoms with Gasteiger partial charge in [-0.3, -0.25) is 19.2 Å². The average Bonchev–Trinajstić information content (AvgIpc) is 3.22. The van der Waals surface area contributed by atoms with Gasteiger partial charge in [0.15, 0.2) is 0 Å². The Balaban J connectivity index is 4.77. The molecule has 0 aliphatic carbocycles. The first-order valence-corrected chi connectivity index (χ1v) is 25.2. The van der Waals surface area contributed by atoms with Gasteiger partial charge in [0.05, 0.1) is 31.6 Å². The van der Waals surface area contributed by atoms with Crippen LogP contribution >= 0.6 is 0 Å². The fourth-order valence-corrected chi connectivity index (χ4v) is 7.75. The van der Waals surface area contributed by atoms with Gasteiger partial charge in [0.25, 0.3) is 0 Å². The van der Waals surface area contributed by atoms with Gasteiger partial charge < -0.3 is 36.0 Å². The molecule has 0 aliphatic rings. The first kappa shape index (κ1) is 57.8. The fraction of sp³-hybridized carbons (Fsp3) is 0.918. The van der Waals surface area contributed by atoms with Gasteiger partial charge in [-0.25, -0.2) is 0 Å². The number of nitrogens with one attached hydrogen (secondary N) is 3. The third-order valence-corrected chi connectivity index (χ3v) is 11.6. The molecule has 0 radical (unpaired) electrons. The number of carbonyl (C=O) groups is 4. The van der Waals surface area contributed by atoms with Gasteiger partial charge in [-0.15, -0.1) is 0 Å². The molecule has 11 nitrogen and oxygen atoms in total. The Labute approximate surface area is 367 Å². The molecule has 0 aromatic rings. The van der Waals surface area contributed by atoms with E-state index in [2.05, 4.69) is 36.7 Å². The highest BCUT2D eigenvalue weighted by molar-refractivity contribution is 5.87. The maximum absolute atomic E-state index is 13.2. The van der Waals surface area contributed by atoms with Gasteiger partial charge in [-0.2, -0.15) is 0 Å². The molecule has 0 rings (SSSR count). The molecule has 11 heteroatoms. The van der Waals surface area contributed by atoms with Crippen molar-refractivity contribution in [2.24, 2.45) is 0 Å². The van der Waals surface area contributed by atoms with Crippen LogP contribution in [0.1, 0.15) is 245 Å². The zero-order valence-electron chi connectivity index (χ0n) is 39.1. The number of unbranched alkanes of at least 4 members (excludes halogenated alkanes) is 24. The molecule has 354 valence electrons. The summed E-state index contributed by atoms with van der Waals surface area (Å²) >= 11 is 0. The fourth-order valence-electron chi connectivity index (χ4n) is 7.75. The summed E-state index contributed by atoms with van der Waals surface area (Å²) in [6, 6.07) is -1.46. The van der Waals surface area contributed by atoms with Crippen LogP contribution in [0.3, 0.4) is 0 Å². The summed E-state index contributed by atoms with van der Waals surface area (Å²) in [5, 5.41) is 38.3. The Kier molecular flexibility index (Phi) is 41.8. The van der Waals surface area contributed by atoms with Crippen molar-refractivity contribution in [3.8, 4) is 0 Å². The van der Waals surface area contributed by atoms with Gasteiger partial charge in [0.1, 0.15) is 12.1 Å². The number of rotatable bonds is 45. The van der Waals surface area contributed by atoms with Crippen molar-refractivity contribution in [1.82, 2.24) is 16.0 Å². The van der Waals surface area contributed by atoms with Crippen molar-refractivity contribution in [3.63, 3.8) is 0 Å². The van der Waals surface area contributed by atoms with E-state index in [1.807, 2.05) is 0 Å². The zero-order chi connectivity index (χ0) is 44.3. The predicted molar refractivity (Wildman–Crippen MR) is 246 cm³/mol. The van der Waals surface area contributed by atoms with E-state index in [1.54, 1.807) is 0 Å². The molecule has 0 heterocycles. The van der Waals surface area contributed by atoms with Crippen LogP contribution in [0, 0.1) is 0 Å². The van der Waals surface area contributed by atoms with Gasteiger partial charge >= 0.3 is 5.97 Å². The van der Waals surface area contributed by atoms with E-state index in [4.69, 9.17) is 4.74 Å². The first-order valence-electron chi connectivity index (χ1n) is 25.2. The lowest BCUT2D eigenvalue weighted by Crippen LogP contribution is -2.48. The largest absolute Gasteiger partial charge is 0.462 e.